The number of carbonyl (C=O) groups excluding carboxylic acids is 1. The van der Waals surface area contributed by atoms with E-state index in [9.17, 15) is 4.79 Å². The monoisotopic (exact) mass is 260 g/mol. The molecule has 2 aromatic rings. The molecule has 6 heteroatoms. The number of nitrogens with one attached hydrogen (secondary N) is 2. The smallest absolute Gasteiger partial charge is 0.225 e. The second kappa shape index (κ2) is 5.90. The maximum Gasteiger partial charge on any atom is 0.225 e. The number of rotatable bonds is 5. The molecule has 1 heterocycles. The lowest BCUT2D eigenvalue weighted by atomic mass is 10.1. The molecule has 1 aromatic carbocycles. The molecular weight excluding hydrogens is 244 g/mol. The van der Waals surface area contributed by atoms with E-state index in [1.165, 1.54) is 6.20 Å². The van der Waals surface area contributed by atoms with Crippen molar-refractivity contribution in [2.45, 2.75) is 12.8 Å². The van der Waals surface area contributed by atoms with Crippen LogP contribution in [0.3, 0.4) is 0 Å². The Labute approximate surface area is 111 Å². The molecule has 0 saturated carbocycles. The van der Waals surface area contributed by atoms with Crippen LogP contribution in [0.1, 0.15) is 12.0 Å². The Morgan fingerprint density at radius 3 is 2.74 bits per heavy atom. The molecule has 0 unspecified atom stereocenters. The van der Waals surface area contributed by atoms with Gasteiger partial charge in [-0.25, -0.2) is 0 Å². The summed E-state index contributed by atoms with van der Waals surface area (Å²) in [6.45, 7) is 0. The molecule has 1 aromatic heterocycles. The number of aromatic nitrogens is 2. The highest BCUT2D eigenvalue weighted by Gasteiger charge is 2.07. The third kappa shape index (κ3) is 3.48. The molecule has 1 amide bonds. The van der Waals surface area contributed by atoms with E-state index in [1.54, 1.807) is 7.11 Å². The number of H-pyrrole nitrogens is 1. The van der Waals surface area contributed by atoms with Gasteiger partial charge in [0, 0.05) is 6.42 Å². The third-order valence-electron chi connectivity index (χ3n) is 2.73. The molecule has 2 rings (SSSR count). The fourth-order valence-electron chi connectivity index (χ4n) is 1.65. The van der Waals surface area contributed by atoms with Gasteiger partial charge >= 0.3 is 0 Å². The summed E-state index contributed by atoms with van der Waals surface area (Å²) < 4.78 is 5.07. The lowest BCUT2D eigenvalue weighted by molar-refractivity contribution is -0.116. The Hall–Kier alpha value is -2.50. The van der Waals surface area contributed by atoms with Crippen molar-refractivity contribution in [2.75, 3.05) is 18.2 Å². The zero-order valence-corrected chi connectivity index (χ0v) is 10.6. The average molecular weight is 260 g/mol. The molecule has 6 nitrogen and oxygen atoms in total. The molecule has 0 radical (unpaired) electrons. The van der Waals surface area contributed by atoms with Crippen molar-refractivity contribution in [3.63, 3.8) is 0 Å². The summed E-state index contributed by atoms with van der Waals surface area (Å²) in [6, 6.07) is 7.63. The number of amides is 1. The van der Waals surface area contributed by atoms with Gasteiger partial charge in [-0.2, -0.15) is 5.10 Å². The zero-order chi connectivity index (χ0) is 13.7. The van der Waals surface area contributed by atoms with Gasteiger partial charge in [-0.05, 0) is 24.1 Å². The van der Waals surface area contributed by atoms with Crippen LogP contribution in [-0.4, -0.2) is 23.2 Å². The molecule has 0 saturated heterocycles. The summed E-state index contributed by atoms with van der Waals surface area (Å²) in [4.78, 5) is 11.7. The molecule has 0 bridgehead atoms. The minimum atomic E-state index is -0.105. The Morgan fingerprint density at radius 1 is 1.42 bits per heavy atom. The van der Waals surface area contributed by atoms with Crippen molar-refractivity contribution in [3.8, 4) is 5.75 Å². The lowest BCUT2D eigenvalue weighted by Crippen LogP contribution is -2.13. The van der Waals surface area contributed by atoms with Crippen LogP contribution in [0.25, 0.3) is 0 Å². The van der Waals surface area contributed by atoms with Gasteiger partial charge in [-0.15, -0.1) is 0 Å². The molecule has 19 heavy (non-hydrogen) atoms. The van der Waals surface area contributed by atoms with Gasteiger partial charge in [0.25, 0.3) is 0 Å². The number of nitrogens with zero attached hydrogens (tertiary/aromatic N) is 1. The molecule has 0 aliphatic carbocycles. The van der Waals surface area contributed by atoms with Crippen LogP contribution < -0.4 is 15.8 Å². The number of aromatic amines is 1. The Bertz CT molecular complexity index is 548. The third-order valence-corrected chi connectivity index (χ3v) is 2.73. The molecule has 0 aliphatic heterocycles. The number of benzene rings is 1. The minimum Gasteiger partial charge on any atom is -0.497 e. The minimum absolute atomic E-state index is 0.105. The first-order valence-corrected chi connectivity index (χ1v) is 5.90. The summed E-state index contributed by atoms with van der Waals surface area (Å²) in [5.74, 6) is 1.14. The predicted molar refractivity (Wildman–Crippen MR) is 72.9 cm³/mol. The summed E-state index contributed by atoms with van der Waals surface area (Å²) >= 11 is 0. The average Bonchev–Trinajstić information content (AvgIpc) is 2.82. The molecular formula is C13H16N4O2. The van der Waals surface area contributed by atoms with Crippen LogP contribution in [0.2, 0.25) is 0 Å². The van der Waals surface area contributed by atoms with Crippen molar-refractivity contribution in [1.82, 2.24) is 10.2 Å². The van der Waals surface area contributed by atoms with Crippen molar-refractivity contribution >= 4 is 17.4 Å². The van der Waals surface area contributed by atoms with E-state index >= 15 is 0 Å². The molecule has 0 atom stereocenters. The number of hydrogen-bond acceptors (Lipinski definition) is 4. The van der Waals surface area contributed by atoms with Gasteiger partial charge in [0.1, 0.15) is 5.75 Å². The van der Waals surface area contributed by atoms with E-state index in [0.29, 0.717) is 24.3 Å². The van der Waals surface area contributed by atoms with Gasteiger partial charge in [0.15, 0.2) is 5.82 Å². The number of nitrogens with two attached hydrogens (primary N) is 1. The van der Waals surface area contributed by atoms with Crippen LogP contribution in [0.15, 0.2) is 30.5 Å². The number of methoxy groups -OCH3 is 1. The van der Waals surface area contributed by atoms with E-state index in [0.717, 1.165) is 11.3 Å². The molecule has 0 fully saturated rings. The Balaban J connectivity index is 1.84. The topological polar surface area (TPSA) is 93.0 Å². The molecule has 4 N–H and O–H groups in total. The first kappa shape index (κ1) is 12.9. The van der Waals surface area contributed by atoms with Gasteiger partial charge < -0.3 is 15.8 Å². The first-order chi connectivity index (χ1) is 9.19. The highest BCUT2D eigenvalue weighted by atomic mass is 16.5. The standard InChI is InChI=1S/C13H16N4O2/c1-19-10-5-2-9(3-6-10)4-7-12(18)16-13-11(14)8-15-17-13/h2-3,5-6,8H,4,7,14H2,1H3,(H2,15,16,17,18). The van der Waals surface area contributed by atoms with E-state index in [4.69, 9.17) is 10.5 Å². The Kier molecular flexibility index (Phi) is 4.02. The number of nitrogen functional groups attached to an aromatic ring is 1. The second-order valence-electron chi connectivity index (χ2n) is 4.10. The number of anilines is 2. The highest BCUT2D eigenvalue weighted by Crippen LogP contribution is 2.14. The van der Waals surface area contributed by atoms with Crippen LogP contribution in [-0.2, 0) is 11.2 Å². The van der Waals surface area contributed by atoms with Gasteiger partial charge in [-0.1, -0.05) is 12.1 Å². The predicted octanol–water partition coefficient (Wildman–Crippen LogP) is 1.57. The zero-order valence-electron chi connectivity index (χ0n) is 10.6. The van der Waals surface area contributed by atoms with Gasteiger partial charge in [0.2, 0.25) is 5.91 Å². The second-order valence-corrected chi connectivity index (χ2v) is 4.10. The van der Waals surface area contributed by atoms with E-state index in [2.05, 4.69) is 15.5 Å². The van der Waals surface area contributed by atoms with Gasteiger partial charge in [0.05, 0.1) is 19.0 Å². The first-order valence-electron chi connectivity index (χ1n) is 5.90. The van der Waals surface area contributed by atoms with E-state index < -0.39 is 0 Å². The normalized spacial score (nSPS) is 10.2. The fraction of sp³-hybridized carbons (Fsp3) is 0.231. The van der Waals surface area contributed by atoms with Crippen LogP contribution >= 0.6 is 0 Å². The number of hydrogen-bond donors (Lipinski definition) is 3. The number of ether oxygens (including phenoxy) is 1. The summed E-state index contributed by atoms with van der Waals surface area (Å²) in [5.41, 5.74) is 7.11. The van der Waals surface area contributed by atoms with Crippen molar-refractivity contribution in [3.05, 3.63) is 36.0 Å². The fourth-order valence-corrected chi connectivity index (χ4v) is 1.65. The van der Waals surface area contributed by atoms with Crippen molar-refractivity contribution in [1.29, 1.82) is 0 Å². The number of aryl methyl sites for hydroxylation is 1. The van der Waals surface area contributed by atoms with Crippen LogP contribution in [0.5, 0.6) is 5.75 Å². The van der Waals surface area contributed by atoms with Crippen molar-refractivity contribution < 1.29 is 9.53 Å². The van der Waals surface area contributed by atoms with Gasteiger partial charge in [-0.3, -0.25) is 9.89 Å². The van der Waals surface area contributed by atoms with Crippen LogP contribution in [0.4, 0.5) is 11.5 Å². The molecule has 0 spiro atoms. The maximum atomic E-state index is 11.7. The Morgan fingerprint density at radius 2 is 2.16 bits per heavy atom. The van der Waals surface area contributed by atoms with Crippen molar-refractivity contribution in [2.24, 2.45) is 0 Å². The largest absolute Gasteiger partial charge is 0.497 e. The lowest BCUT2D eigenvalue weighted by Gasteiger charge is -2.05. The van der Waals surface area contributed by atoms with E-state index in [-0.39, 0.29) is 5.91 Å². The summed E-state index contributed by atoms with van der Waals surface area (Å²) in [6.07, 6.45) is 2.49. The quantitative estimate of drug-likeness (QED) is 0.760. The highest BCUT2D eigenvalue weighted by molar-refractivity contribution is 5.92. The number of carbonyl (C=O) groups is 1. The maximum absolute atomic E-state index is 11.7. The van der Waals surface area contributed by atoms with Crippen LogP contribution in [0, 0.1) is 0 Å². The van der Waals surface area contributed by atoms with E-state index in [1.807, 2.05) is 24.3 Å². The summed E-state index contributed by atoms with van der Waals surface area (Å²) in [7, 11) is 1.62. The molecule has 0 aliphatic rings. The summed E-state index contributed by atoms with van der Waals surface area (Å²) in [5, 5.41) is 9.04. The SMILES string of the molecule is COc1ccc(CCC(=O)Nc2[nH]ncc2N)cc1. The molecule has 100 valence electrons.